The maximum absolute atomic E-state index is 12.8. The van der Waals surface area contributed by atoms with Crippen LogP contribution in [0.5, 0.6) is 5.75 Å². The van der Waals surface area contributed by atoms with Gasteiger partial charge >= 0.3 is 0 Å². The summed E-state index contributed by atoms with van der Waals surface area (Å²) in [5, 5.41) is 13.9. The number of carbonyl (C=O) groups excluding carboxylic acids is 1. The normalized spacial score (nSPS) is 32.0. The highest BCUT2D eigenvalue weighted by Gasteiger charge is 2.53. The fourth-order valence-corrected chi connectivity index (χ4v) is 6.06. The smallest absolute Gasteiger partial charge is 0.273 e. The van der Waals surface area contributed by atoms with Gasteiger partial charge in [-0.1, -0.05) is 70.2 Å². The summed E-state index contributed by atoms with van der Waals surface area (Å²) in [5.41, 5.74) is 4.98. The summed E-state index contributed by atoms with van der Waals surface area (Å²) in [6, 6.07) is 5.23. The highest BCUT2D eigenvalue weighted by atomic mass is 28.3. The van der Waals surface area contributed by atoms with Crippen LogP contribution < -0.4 is 5.23 Å². The number of benzene rings is 1. The van der Waals surface area contributed by atoms with Gasteiger partial charge < -0.3 is 15.0 Å². The second-order valence-electron chi connectivity index (χ2n) is 10.0. The van der Waals surface area contributed by atoms with E-state index in [0.29, 0.717) is 23.6 Å². The monoisotopic (exact) mass is 396 g/mol. The molecule has 0 radical (unpaired) electrons. The Kier molecular flexibility index (Phi) is 5.09. The number of phenolic OH excluding ortho intramolecular Hbond substituents is 1. The molecule has 6 heteroatoms. The average Bonchev–Trinajstić information content (AvgIpc) is 2.90. The topological polar surface area (TPSA) is 58.6 Å². The SMILES string of the molecule is C[Si](C)(C)C#Cc1cc(C[C@@H]2N[B-]3(OC2=O)C2CCCC3CCC2)ccc1O. The van der Waals surface area contributed by atoms with Gasteiger partial charge in [0, 0.05) is 0 Å². The van der Waals surface area contributed by atoms with Gasteiger partial charge in [-0.3, -0.25) is 4.79 Å². The number of carbonyl (C=O) groups is 1. The molecule has 0 saturated carbocycles. The average molecular weight is 396 g/mol. The first-order valence-electron chi connectivity index (χ1n) is 10.8. The summed E-state index contributed by atoms with van der Waals surface area (Å²) in [4.78, 5) is 12.8. The van der Waals surface area contributed by atoms with Crippen molar-refractivity contribution in [2.75, 3.05) is 0 Å². The number of rotatable bonds is 2. The predicted octanol–water partition coefficient (Wildman–Crippen LogP) is 4.23. The highest BCUT2D eigenvalue weighted by molar-refractivity contribution is 6.83. The van der Waals surface area contributed by atoms with Crippen molar-refractivity contribution < 1.29 is 14.6 Å². The first-order chi connectivity index (χ1) is 13.3. The van der Waals surface area contributed by atoms with Crippen LogP contribution in [0, 0.1) is 11.5 Å². The van der Waals surface area contributed by atoms with Crippen molar-refractivity contribution in [2.45, 2.75) is 82.3 Å². The fourth-order valence-electron chi connectivity index (χ4n) is 5.55. The molecule has 3 saturated heterocycles. The molecule has 2 bridgehead atoms. The third-order valence-electron chi connectivity index (χ3n) is 6.83. The van der Waals surface area contributed by atoms with E-state index in [1.807, 2.05) is 12.1 Å². The molecule has 2 N–H and O–H groups in total. The molecule has 3 fully saturated rings. The van der Waals surface area contributed by atoms with Gasteiger partial charge in [0.15, 0.2) is 0 Å². The number of aromatic hydroxyl groups is 1. The fraction of sp³-hybridized carbons (Fsp3) is 0.591. The third-order valence-corrected chi connectivity index (χ3v) is 7.71. The van der Waals surface area contributed by atoms with Crippen LogP contribution in [0.2, 0.25) is 31.3 Å². The van der Waals surface area contributed by atoms with Gasteiger partial charge in [0.2, 0.25) is 6.48 Å². The van der Waals surface area contributed by atoms with Crippen LogP contribution in [0.3, 0.4) is 0 Å². The van der Waals surface area contributed by atoms with Gasteiger partial charge in [0.25, 0.3) is 5.97 Å². The van der Waals surface area contributed by atoms with E-state index in [0.717, 1.165) is 5.56 Å². The van der Waals surface area contributed by atoms with Gasteiger partial charge in [-0.2, -0.15) is 0 Å². The Morgan fingerprint density at radius 1 is 1.18 bits per heavy atom. The van der Waals surface area contributed by atoms with Crippen molar-refractivity contribution in [1.82, 2.24) is 5.23 Å². The van der Waals surface area contributed by atoms with E-state index in [1.54, 1.807) is 6.07 Å². The quantitative estimate of drug-likeness (QED) is 0.580. The van der Waals surface area contributed by atoms with Crippen LogP contribution in [0.15, 0.2) is 18.2 Å². The van der Waals surface area contributed by atoms with E-state index in [2.05, 4.69) is 36.3 Å². The Balaban J connectivity index is 1.53. The summed E-state index contributed by atoms with van der Waals surface area (Å²) in [5.74, 6) is 4.29. The minimum Gasteiger partial charge on any atom is -0.673 e. The second kappa shape index (κ2) is 7.28. The molecule has 0 amide bonds. The first kappa shape index (κ1) is 19.6. The molecule has 28 heavy (non-hydrogen) atoms. The molecule has 1 spiro atoms. The lowest BCUT2D eigenvalue weighted by atomic mass is 9.28. The lowest BCUT2D eigenvalue weighted by Crippen LogP contribution is -2.60. The molecule has 3 aliphatic rings. The zero-order valence-electron chi connectivity index (χ0n) is 17.3. The molecule has 0 aliphatic carbocycles. The Bertz CT molecular complexity index is 816. The first-order valence-corrected chi connectivity index (χ1v) is 14.3. The van der Waals surface area contributed by atoms with Crippen LogP contribution in [0.25, 0.3) is 0 Å². The number of hydrogen-bond donors (Lipinski definition) is 2. The third kappa shape index (κ3) is 3.75. The van der Waals surface area contributed by atoms with Crippen LogP contribution >= 0.6 is 0 Å². The molecule has 3 aliphatic heterocycles. The number of nitrogens with one attached hydrogen (secondary N) is 1. The van der Waals surface area contributed by atoms with Crippen LogP contribution in [-0.4, -0.2) is 31.7 Å². The molecule has 4 rings (SSSR count). The predicted molar refractivity (Wildman–Crippen MR) is 116 cm³/mol. The number of hydrogen-bond acceptors (Lipinski definition) is 4. The Hall–Kier alpha value is -1.71. The van der Waals surface area contributed by atoms with E-state index < -0.39 is 14.6 Å². The van der Waals surface area contributed by atoms with E-state index in [-0.39, 0.29) is 17.8 Å². The van der Waals surface area contributed by atoms with Crippen LogP contribution in [0.4, 0.5) is 0 Å². The maximum atomic E-state index is 12.8. The summed E-state index contributed by atoms with van der Waals surface area (Å²) < 4.78 is 6.13. The van der Waals surface area contributed by atoms with Gasteiger partial charge in [-0.15, -0.1) is 17.2 Å². The zero-order valence-corrected chi connectivity index (χ0v) is 18.3. The molecular formula is C22H31BNO3Si-. The molecule has 0 aromatic heterocycles. The molecule has 150 valence electrons. The minimum absolute atomic E-state index is 0.0957. The van der Waals surface area contributed by atoms with Gasteiger partial charge in [-0.25, -0.2) is 0 Å². The van der Waals surface area contributed by atoms with Gasteiger partial charge in [-0.05, 0) is 24.1 Å². The van der Waals surface area contributed by atoms with Crippen LogP contribution in [0.1, 0.15) is 49.7 Å². The molecule has 0 unspecified atom stereocenters. The lowest BCUT2D eigenvalue weighted by Gasteiger charge is -2.55. The Labute approximate surface area is 169 Å². The van der Waals surface area contributed by atoms with Crippen molar-refractivity contribution >= 4 is 20.5 Å². The second-order valence-corrected chi connectivity index (χ2v) is 14.8. The zero-order chi connectivity index (χ0) is 19.9. The highest BCUT2D eigenvalue weighted by Crippen LogP contribution is 2.53. The lowest BCUT2D eigenvalue weighted by molar-refractivity contribution is -0.134. The molecule has 1 atom stereocenters. The van der Waals surface area contributed by atoms with E-state index in [1.165, 1.54) is 38.5 Å². The molecular weight excluding hydrogens is 365 g/mol. The van der Waals surface area contributed by atoms with Crippen molar-refractivity contribution in [3.63, 3.8) is 0 Å². The Morgan fingerprint density at radius 2 is 1.82 bits per heavy atom. The molecule has 1 aromatic rings. The van der Waals surface area contributed by atoms with Crippen molar-refractivity contribution in [3.05, 3.63) is 29.3 Å². The van der Waals surface area contributed by atoms with Crippen molar-refractivity contribution in [1.29, 1.82) is 0 Å². The summed E-state index contributed by atoms with van der Waals surface area (Å²) >= 11 is 0. The van der Waals surface area contributed by atoms with Gasteiger partial charge in [0.05, 0.1) is 11.6 Å². The van der Waals surface area contributed by atoms with E-state index in [4.69, 9.17) is 4.65 Å². The molecule has 1 aromatic carbocycles. The van der Waals surface area contributed by atoms with E-state index in [9.17, 15) is 9.90 Å². The van der Waals surface area contributed by atoms with Crippen LogP contribution in [-0.2, 0) is 15.9 Å². The van der Waals surface area contributed by atoms with Crippen molar-refractivity contribution in [2.24, 2.45) is 0 Å². The Morgan fingerprint density at radius 3 is 2.43 bits per heavy atom. The summed E-state index contributed by atoms with van der Waals surface area (Å²) in [7, 11) is -1.52. The van der Waals surface area contributed by atoms with E-state index >= 15 is 0 Å². The van der Waals surface area contributed by atoms with Gasteiger partial charge in [0.1, 0.15) is 13.8 Å². The standard InChI is InChI=1S/C22H31BNO3Si/c1-28(2,3)13-12-17-14-16(10-11-21(17)25)15-20-22(26)27-23(24-20)18-6-4-7-19(23)9-5-8-18/h10-11,14,18-20,24-25H,4-9,15H2,1-3H3/q-1/t18?,19?,20-,23?/m0/s1. The molecule has 4 nitrogen and oxygen atoms in total. The van der Waals surface area contributed by atoms with Crippen molar-refractivity contribution in [3.8, 4) is 17.2 Å². The number of phenols is 1. The largest absolute Gasteiger partial charge is 0.673 e. The maximum Gasteiger partial charge on any atom is 0.273 e. The summed E-state index contributed by atoms with van der Waals surface area (Å²) in [6.45, 7) is 5.33. The minimum atomic E-state index is -1.52. The molecule has 3 heterocycles. The summed E-state index contributed by atoms with van der Waals surface area (Å²) in [6.07, 6.45) is 7.83.